The molecule has 0 saturated heterocycles. The molecule has 0 radical (unpaired) electrons. The van der Waals surface area contributed by atoms with Crippen LogP contribution in [0.2, 0.25) is 0 Å². The Kier molecular flexibility index (Phi) is 7.56. The first-order chi connectivity index (χ1) is 18.1. The van der Waals surface area contributed by atoms with Crippen LogP contribution in [-0.4, -0.2) is 34.7 Å². The van der Waals surface area contributed by atoms with Crippen molar-refractivity contribution in [2.75, 3.05) is 13.1 Å². The lowest BCUT2D eigenvalue weighted by atomic mass is 9.90. The monoisotopic (exact) mass is 512 g/mol. The van der Waals surface area contributed by atoms with Crippen molar-refractivity contribution in [3.05, 3.63) is 117 Å². The smallest absolute Gasteiger partial charge is 0.243 e. The van der Waals surface area contributed by atoms with Crippen LogP contribution in [0.25, 0.3) is 0 Å². The molecule has 2 amide bonds. The number of hydrogen-bond donors (Lipinski definition) is 0. The van der Waals surface area contributed by atoms with Gasteiger partial charge in [-0.25, -0.2) is 0 Å². The highest BCUT2D eigenvalue weighted by molar-refractivity contribution is 7.10. The molecule has 5 rings (SSSR count). The Hall–Kier alpha value is -3.64. The van der Waals surface area contributed by atoms with Gasteiger partial charge in [-0.05, 0) is 65.6 Å². The van der Waals surface area contributed by atoms with E-state index in [4.69, 9.17) is 4.42 Å². The van der Waals surface area contributed by atoms with Crippen molar-refractivity contribution in [3.8, 4) is 0 Å². The molecule has 0 saturated carbocycles. The molecule has 2 aromatic heterocycles. The van der Waals surface area contributed by atoms with Gasteiger partial charge >= 0.3 is 0 Å². The standard InChI is InChI=1S/C31H32N2O3S/c1-3-25(23-11-5-4-6-12-23)31(35)32(20-24-13-9-18-36-24)21-29(34)33-17-15-28-27(16-19-37-28)30(33)26-14-8-7-10-22(26)2/h4-14,16,18-19,25,30H,3,15,17,20-21H2,1-2H3. The third kappa shape index (κ3) is 5.25. The Balaban J connectivity index is 1.46. The van der Waals surface area contributed by atoms with Gasteiger partial charge in [-0.2, -0.15) is 0 Å². The van der Waals surface area contributed by atoms with Gasteiger partial charge in [-0.3, -0.25) is 9.59 Å². The number of hydrogen-bond acceptors (Lipinski definition) is 4. The van der Waals surface area contributed by atoms with Gasteiger partial charge in [-0.15, -0.1) is 11.3 Å². The van der Waals surface area contributed by atoms with Crippen LogP contribution >= 0.6 is 11.3 Å². The van der Waals surface area contributed by atoms with E-state index in [1.165, 1.54) is 10.4 Å². The minimum atomic E-state index is -0.319. The summed E-state index contributed by atoms with van der Waals surface area (Å²) in [5.74, 6) is 0.242. The number of carbonyl (C=O) groups excluding carboxylic acids is 2. The van der Waals surface area contributed by atoms with Gasteiger partial charge in [0.25, 0.3) is 0 Å². The van der Waals surface area contributed by atoms with Crippen LogP contribution in [0, 0.1) is 6.92 Å². The molecular formula is C31H32N2O3S. The fourth-order valence-corrected chi connectivity index (χ4v) is 6.23. The fraction of sp³-hybridized carbons (Fsp3) is 0.290. The van der Waals surface area contributed by atoms with Crippen LogP contribution in [0.3, 0.4) is 0 Å². The molecule has 4 aromatic rings. The summed E-state index contributed by atoms with van der Waals surface area (Å²) in [6.07, 6.45) is 3.08. The lowest BCUT2D eigenvalue weighted by Gasteiger charge is -2.38. The summed E-state index contributed by atoms with van der Waals surface area (Å²) in [5.41, 5.74) is 4.45. The zero-order chi connectivity index (χ0) is 25.8. The van der Waals surface area contributed by atoms with Crippen molar-refractivity contribution in [1.82, 2.24) is 9.80 Å². The molecule has 0 spiro atoms. The first-order valence-electron chi connectivity index (χ1n) is 12.8. The van der Waals surface area contributed by atoms with Crippen molar-refractivity contribution in [2.24, 2.45) is 0 Å². The minimum Gasteiger partial charge on any atom is -0.467 e. The van der Waals surface area contributed by atoms with Crippen LogP contribution in [-0.2, 0) is 22.6 Å². The first-order valence-corrected chi connectivity index (χ1v) is 13.7. The number of aryl methyl sites for hydroxylation is 1. The Morgan fingerprint density at radius 1 is 1.03 bits per heavy atom. The fourth-order valence-electron chi connectivity index (χ4n) is 5.33. The summed E-state index contributed by atoms with van der Waals surface area (Å²) in [4.78, 5) is 32.9. The number of nitrogens with zero attached hydrogens (tertiary/aromatic N) is 2. The second-order valence-corrected chi connectivity index (χ2v) is 10.5. The van der Waals surface area contributed by atoms with E-state index in [0.29, 0.717) is 18.7 Å². The molecule has 37 heavy (non-hydrogen) atoms. The average molecular weight is 513 g/mol. The number of benzene rings is 2. The van der Waals surface area contributed by atoms with E-state index in [0.717, 1.165) is 23.1 Å². The largest absolute Gasteiger partial charge is 0.467 e. The van der Waals surface area contributed by atoms with Gasteiger partial charge in [0, 0.05) is 11.4 Å². The van der Waals surface area contributed by atoms with Gasteiger partial charge in [0.05, 0.1) is 24.8 Å². The predicted octanol–water partition coefficient (Wildman–Crippen LogP) is 6.35. The molecule has 2 unspecified atom stereocenters. The summed E-state index contributed by atoms with van der Waals surface area (Å²) in [6, 6.07) is 23.7. The third-order valence-electron chi connectivity index (χ3n) is 7.24. The molecule has 0 fully saturated rings. The van der Waals surface area contributed by atoms with Gasteiger partial charge in [0.2, 0.25) is 11.8 Å². The molecule has 1 aliphatic heterocycles. The van der Waals surface area contributed by atoms with Crippen molar-refractivity contribution in [2.45, 2.75) is 45.2 Å². The van der Waals surface area contributed by atoms with E-state index >= 15 is 0 Å². The Morgan fingerprint density at radius 2 is 1.81 bits per heavy atom. The Morgan fingerprint density at radius 3 is 2.54 bits per heavy atom. The van der Waals surface area contributed by atoms with Crippen LogP contribution in [0.1, 0.15) is 58.2 Å². The molecule has 2 atom stereocenters. The van der Waals surface area contributed by atoms with E-state index in [1.807, 2.05) is 66.4 Å². The maximum absolute atomic E-state index is 14.0. The number of fused-ring (bicyclic) bond motifs is 1. The highest BCUT2D eigenvalue weighted by Crippen LogP contribution is 2.39. The molecule has 0 N–H and O–H groups in total. The van der Waals surface area contributed by atoms with E-state index in [2.05, 4.69) is 30.5 Å². The zero-order valence-electron chi connectivity index (χ0n) is 21.3. The van der Waals surface area contributed by atoms with E-state index in [1.54, 1.807) is 22.5 Å². The molecule has 0 aliphatic carbocycles. The second-order valence-electron chi connectivity index (χ2n) is 9.54. The van der Waals surface area contributed by atoms with E-state index in [-0.39, 0.29) is 36.9 Å². The van der Waals surface area contributed by atoms with Gasteiger partial charge in [0.15, 0.2) is 0 Å². The quantitative estimate of drug-likeness (QED) is 0.277. The third-order valence-corrected chi connectivity index (χ3v) is 8.24. The summed E-state index contributed by atoms with van der Waals surface area (Å²) in [7, 11) is 0. The molecule has 6 heteroatoms. The normalized spacial score (nSPS) is 15.7. The number of thiophene rings is 1. The van der Waals surface area contributed by atoms with Crippen molar-refractivity contribution >= 4 is 23.2 Å². The second kappa shape index (κ2) is 11.2. The molecule has 5 nitrogen and oxygen atoms in total. The van der Waals surface area contributed by atoms with E-state index < -0.39 is 0 Å². The predicted molar refractivity (Wildman–Crippen MR) is 146 cm³/mol. The Bertz CT molecular complexity index is 1350. The molecule has 3 heterocycles. The number of amides is 2. The van der Waals surface area contributed by atoms with Crippen molar-refractivity contribution in [1.29, 1.82) is 0 Å². The SMILES string of the molecule is CCC(C(=O)N(CC(=O)N1CCc2sccc2C1c1ccccc1C)Cc1ccco1)c1ccccc1. The number of furan rings is 1. The minimum absolute atomic E-state index is 0.00468. The summed E-state index contributed by atoms with van der Waals surface area (Å²) < 4.78 is 5.59. The van der Waals surface area contributed by atoms with Crippen molar-refractivity contribution in [3.63, 3.8) is 0 Å². The van der Waals surface area contributed by atoms with Gasteiger partial charge in [-0.1, -0.05) is 61.5 Å². The molecular weight excluding hydrogens is 480 g/mol. The summed E-state index contributed by atoms with van der Waals surface area (Å²) >= 11 is 1.75. The molecule has 1 aliphatic rings. The van der Waals surface area contributed by atoms with Gasteiger partial charge < -0.3 is 14.2 Å². The van der Waals surface area contributed by atoms with Crippen LogP contribution in [0.15, 0.2) is 88.9 Å². The molecule has 190 valence electrons. The van der Waals surface area contributed by atoms with Crippen LogP contribution in [0.5, 0.6) is 0 Å². The maximum atomic E-state index is 14.0. The van der Waals surface area contributed by atoms with Crippen LogP contribution in [0.4, 0.5) is 0 Å². The number of rotatable bonds is 8. The molecule has 2 aromatic carbocycles. The van der Waals surface area contributed by atoms with Crippen LogP contribution < -0.4 is 0 Å². The van der Waals surface area contributed by atoms with Crippen molar-refractivity contribution < 1.29 is 14.0 Å². The lowest BCUT2D eigenvalue weighted by Crippen LogP contribution is -2.47. The highest BCUT2D eigenvalue weighted by atomic mass is 32.1. The topological polar surface area (TPSA) is 53.8 Å². The first kappa shape index (κ1) is 25.0. The maximum Gasteiger partial charge on any atom is 0.243 e. The zero-order valence-corrected chi connectivity index (χ0v) is 22.1. The van der Waals surface area contributed by atoms with E-state index in [9.17, 15) is 9.59 Å². The average Bonchev–Trinajstić information content (AvgIpc) is 3.61. The highest BCUT2D eigenvalue weighted by Gasteiger charge is 2.35. The molecule has 0 bridgehead atoms. The Labute approximate surface area is 222 Å². The summed E-state index contributed by atoms with van der Waals surface area (Å²) in [5, 5.41) is 2.11. The number of carbonyl (C=O) groups is 2. The summed E-state index contributed by atoms with van der Waals surface area (Å²) in [6.45, 7) is 5.00. The lowest BCUT2D eigenvalue weighted by molar-refractivity contribution is -0.143. The van der Waals surface area contributed by atoms with Gasteiger partial charge in [0.1, 0.15) is 12.3 Å².